The summed E-state index contributed by atoms with van der Waals surface area (Å²) in [5, 5.41) is 1.88. The van der Waals surface area contributed by atoms with Gasteiger partial charge in [0, 0.05) is 57.1 Å². The summed E-state index contributed by atoms with van der Waals surface area (Å²) in [4.78, 5) is 49.8. The molecule has 0 spiro atoms. The molecule has 208 valence electrons. The molecule has 40 heavy (non-hydrogen) atoms. The smallest absolute Gasteiger partial charge is 0.290 e. The Kier molecular flexibility index (Phi) is 7.53. The molecular weight excluding hydrogens is 532 g/mol. The molecule has 3 saturated heterocycles. The number of amides is 2. The second kappa shape index (κ2) is 11.5. The van der Waals surface area contributed by atoms with E-state index in [1.807, 2.05) is 19.1 Å². The third-order valence-electron chi connectivity index (χ3n) is 6.89. The molecule has 3 fully saturated rings. The van der Waals surface area contributed by atoms with Crippen LogP contribution in [0.4, 0.5) is 22.5 Å². The minimum absolute atomic E-state index is 0.202. The first kappa shape index (κ1) is 26.1. The van der Waals surface area contributed by atoms with Gasteiger partial charge in [0.25, 0.3) is 11.1 Å². The zero-order valence-corrected chi connectivity index (χ0v) is 23.0. The van der Waals surface area contributed by atoms with Gasteiger partial charge in [-0.15, -0.1) is 0 Å². The molecule has 0 radical (unpaired) electrons. The van der Waals surface area contributed by atoms with E-state index in [2.05, 4.69) is 30.0 Å². The fourth-order valence-corrected chi connectivity index (χ4v) is 5.59. The molecule has 6 rings (SSSR count). The first-order chi connectivity index (χ1) is 19.5. The van der Waals surface area contributed by atoms with Crippen LogP contribution in [0.5, 0.6) is 5.88 Å². The minimum Gasteiger partial charge on any atom is -0.469 e. The van der Waals surface area contributed by atoms with Crippen molar-refractivity contribution in [3.8, 4) is 5.88 Å². The van der Waals surface area contributed by atoms with Crippen LogP contribution < -0.4 is 24.8 Å². The van der Waals surface area contributed by atoms with Crippen LogP contribution in [-0.2, 0) is 11.4 Å². The van der Waals surface area contributed by atoms with Gasteiger partial charge in [-0.25, -0.2) is 9.97 Å². The summed E-state index contributed by atoms with van der Waals surface area (Å²) >= 11 is 0.849. The topological polar surface area (TPSA) is 130 Å². The van der Waals surface area contributed by atoms with Crippen LogP contribution >= 0.6 is 11.8 Å². The number of hydrogen-bond donors (Lipinski definition) is 1. The van der Waals surface area contributed by atoms with E-state index in [-0.39, 0.29) is 11.5 Å². The summed E-state index contributed by atoms with van der Waals surface area (Å²) < 4.78 is 11.3. The average Bonchev–Trinajstić information content (AvgIpc) is 3.68. The fourth-order valence-electron chi connectivity index (χ4n) is 4.92. The Morgan fingerprint density at radius 2 is 1.70 bits per heavy atom. The third-order valence-corrected chi connectivity index (χ3v) is 7.71. The first-order valence-corrected chi connectivity index (χ1v) is 14.2. The Morgan fingerprint density at radius 1 is 0.950 bits per heavy atom. The van der Waals surface area contributed by atoms with E-state index in [0.29, 0.717) is 29.8 Å². The summed E-state index contributed by atoms with van der Waals surface area (Å²) in [7, 11) is 0. The maximum atomic E-state index is 12.2. The molecule has 0 saturated carbocycles. The van der Waals surface area contributed by atoms with Crippen molar-refractivity contribution in [3.05, 3.63) is 52.6 Å². The molecule has 3 aromatic rings. The third kappa shape index (κ3) is 6.03. The van der Waals surface area contributed by atoms with Gasteiger partial charge in [0.2, 0.25) is 17.8 Å². The van der Waals surface area contributed by atoms with Crippen molar-refractivity contribution in [3.63, 3.8) is 0 Å². The van der Waals surface area contributed by atoms with E-state index in [4.69, 9.17) is 19.1 Å². The molecule has 12 nitrogen and oxygen atoms in total. The predicted octanol–water partition coefficient (Wildman–Crippen LogP) is 3.39. The lowest BCUT2D eigenvalue weighted by atomic mass is 10.3. The number of carbonyl (C=O) groups is 2. The Bertz CT molecular complexity index is 1420. The van der Waals surface area contributed by atoms with Crippen molar-refractivity contribution in [1.29, 1.82) is 0 Å². The van der Waals surface area contributed by atoms with Crippen LogP contribution in [0, 0.1) is 6.92 Å². The molecule has 3 aliphatic rings. The fraction of sp³-hybridized carbons (Fsp3) is 0.407. The quantitative estimate of drug-likeness (QED) is 0.424. The number of rotatable bonds is 7. The second-order valence-electron chi connectivity index (χ2n) is 9.84. The van der Waals surface area contributed by atoms with Gasteiger partial charge in [-0.1, -0.05) is 0 Å². The lowest BCUT2D eigenvalue weighted by Crippen LogP contribution is -2.32. The van der Waals surface area contributed by atoms with Crippen LogP contribution in [0.25, 0.3) is 6.08 Å². The minimum atomic E-state index is -0.438. The average molecular weight is 563 g/mol. The van der Waals surface area contributed by atoms with E-state index in [1.54, 1.807) is 24.5 Å². The number of anilines is 3. The number of aryl methyl sites for hydroxylation is 1. The van der Waals surface area contributed by atoms with Crippen LogP contribution in [0.1, 0.15) is 36.4 Å². The number of aromatic nitrogens is 4. The van der Waals surface area contributed by atoms with Gasteiger partial charge >= 0.3 is 0 Å². The van der Waals surface area contributed by atoms with Crippen molar-refractivity contribution in [2.75, 3.05) is 54.0 Å². The zero-order chi connectivity index (χ0) is 27.5. The summed E-state index contributed by atoms with van der Waals surface area (Å²) in [5.41, 5.74) is 1.44. The van der Waals surface area contributed by atoms with Crippen molar-refractivity contribution in [1.82, 2.24) is 25.3 Å². The van der Waals surface area contributed by atoms with E-state index in [1.165, 1.54) is 12.8 Å². The van der Waals surface area contributed by atoms with Crippen LogP contribution in [0.2, 0.25) is 0 Å². The Hall–Kier alpha value is -4.13. The largest absolute Gasteiger partial charge is 0.469 e. The highest BCUT2D eigenvalue weighted by Crippen LogP contribution is 2.28. The summed E-state index contributed by atoms with van der Waals surface area (Å²) in [6, 6.07) is 7.32. The van der Waals surface area contributed by atoms with Crippen molar-refractivity contribution in [2.45, 2.75) is 32.8 Å². The zero-order valence-electron chi connectivity index (χ0n) is 22.2. The molecule has 0 atom stereocenters. The first-order valence-electron chi connectivity index (χ1n) is 13.4. The molecule has 3 aliphatic heterocycles. The second-order valence-corrected chi connectivity index (χ2v) is 10.9. The molecule has 1 N–H and O–H groups in total. The number of imide groups is 1. The number of nitrogens with zero attached hydrogens (tertiary/aromatic N) is 7. The Morgan fingerprint density at radius 3 is 2.48 bits per heavy atom. The Balaban J connectivity index is 1.23. The van der Waals surface area contributed by atoms with Gasteiger partial charge in [-0.05, 0) is 56.2 Å². The Labute approximate surface area is 235 Å². The highest BCUT2D eigenvalue weighted by Gasteiger charge is 2.26. The molecule has 0 aliphatic carbocycles. The molecular formula is C27H30N8O4S. The molecule has 0 unspecified atom stereocenters. The number of thioether (sulfide) groups is 1. The van der Waals surface area contributed by atoms with Crippen LogP contribution in [0.15, 0.2) is 39.9 Å². The monoisotopic (exact) mass is 562 g/mol. The highest BCUT2D eigenvalue weighted by molar-refractivity contribution is 8.18. The molecule has 2 amide bonds. The lowest BCUT2D eigenvalue weighted by Gasteiger charge is -2.25. The van der Waals surface area contributed by atoms with Crippen LogP contribution in [0.3, 0.4) is 0 Å². The highest BCUT2D eigenvalue weighted by atomic mass is 32.2. The van der Waals surface area contributed by atoms with Crippen molar-refractivity contribution < 1.29 is 18.7 Å². The molecule has 13 heteroatoms. The van der Waals surface area contributed by atoms with Gasteiger partial charge in [-0.2, -0.15) is 9.97 Å². The van der Waals surface area contributed by atoms with Gasteiger partial charge < -0.3 is 23.9 Å². The van der Waals surface area contributed by atoms with Gasteiger partial charge in [0.1, 0.15) is 18.2 Å². The normalized spacial score (nSPS) is 18.9. The van der Waals surface area contributed by atoms with Crippen molar-refractivity contribution in [2.24, 2.45) is 0 Å². The number of ether oxygens (including phenoxy) is 1. The van der Waals surface area contributed by atoms with Gasteiger partial charge in [-0.3, -0.25) is 14.9 Å². The maximum Gasteiger partial charge on any atom is 0.290 e. The van der Waals surface area contributed by atoms with E-state index < -0.39 is 11.1 Å². The van der Waals surface area contributed by atoms with E-state index >= 15 is 0 Å². The van der Waals surface area contributed by atoms with Crippen molar-refractivity contribution >= 4 is 46.7 Å². The lowest BCUT2D eigenvalue weighted by molar-refractivity contribution is -0.115. The summed E-state index contributed by atoms with van der Waals surface area (Å²) in [6.45, 7) is 7.21. The number of carbonyl (C=O) groups excluding carboxylic acids is 2. The van der Waals surface area contributed by atoms with E-state index in [9.17, 15) is 9.59 Å². The number of nitrogens with one attached hydrogen (secondary N) is 1. The SMILES string of the molecule is Cc1cc(N2CCCN(c3nc(C=C4SC(=O)NC4=O)cc(OCc4ccco4)n3)CC2)nc(N2CCCC2)n1. The standard InChI is InChI=1S/C27H30N8O4S/c1-18-14-22(30-25(28-18)34-7-2-3-8-34)33-9-5-10-35(12-11-33)26-29-19(15-21-24(36)32-27(37)40-21)16-23(31-26)39-17-20-6-4-13-38-20/h4,6,13-16H,2-3,5,7-12,17H2,1H3,(H,32,36,37). The number of furan rings is 1. The van der Waals surface area contributed by atoms with Gasteiger partial charge in [0.15, 0.2) is 0 Å². The number of hydrogen-bond acceptors (Lipinski definition) is 12. The summed E-state index contributed by atoms with van der Waals surface area (Å²) in [6.07, 6.45) is 6.40. The van der Waals surface area contributed by atoms with Crippen LogP contribution in [-0.4, -0.2) is 70.4 Å². The maximum absolute atomic E-state index is 12.2. The molecule has 0 aromatic carbocycles. The predicted molar refractivity (Wildman–Crippen MR) is 151 cm³/mol. The van der Waals surface area contributed by atoms with Gasteiger partial charge in [0.05, 0.1) is 16.9 Å². The molecule has 0 bridgehead atoms. The summed E-state index contributed by atoms with van der Waals surface area (Å²) in [5.74, 6) is 2.82. The van der Waals surface area contributed by atoms with E-state index in [0.717, 1.165) is 68.4 Å². The molecule has 6 heterocycles. The molecule has 3 aromatic heterocycles.